The third-order valence-electron chi connectivity index (χ3n) is 5.97. The topological polar surface area (TPSA) is 40.6 Å². The number of hydrogen-bond donors (Lipinski definition) is 0. The predicted octanol–water partition coefficient (Wildman–Crippen LogP) is 5.00. The van der Waals surface area contributed by atoms with Gasteiger partial charge < -0.3 is 9.80 Å². The van der Waals surface area contributed by atoms with E-state index >= 15 is 0 Å². The van der Waals surface area contributed by atoms with Crippen LogP contribution in [-0.2, 0) is 0 Å². The summed E-state index contributed by atoms with van der Waals surface area (Å²) in [5.41, 5.74) is 4.51. The molecular weight excluding hydrogens is 360 g/mol. The molecule has 0 saturated carbocycles. The average Bonchev–Trinajstić information content (AvgIpc) is 3.01. The fraction of sp³-hybridized carbons (Fsp3) is 0.440. The second-order valence-corrected chi connectivity index (χ2v) is 7.54. The first-order valence-electron chi connectivity index (χ1n) is 10.9. The van der Waals surface area contributed by atoms with Gasteiger partial charge in [0.1, 0.15) is 0 Å². The zero-order valence-electron chi connectivity index (χ0n) is 18.1. The highest BCUT2D eigenvalue weighted by atomic mass is 16.2. The van der Waals surface area contributed by atoms with E-state index in [2.05, 4.69) is 37.5 Å². The number of carbonyl (C=O) groups is 2. The summed E-state index contributed by atoms with van der Waals surface area (Å²) in [5.74, 6) is -0.289. The number of benzene rings is 1. The second-order valence-electron chi connectivity index (χ2n) is 7.54. The van der Waals surface area contributed by atoms with Crippen molar-refractivity contribution in [2.45, 2.75) is 47.0 Å². The maximum atomic E-state index is 12.9. The first-order valence-corrected chi connectivity index (χ1v) is 10.9. The van der Waals surface area contributed by atoms with Crippen LogP contribution in [-0.4, -0.2) is 47.5 Å². The van der Waals surface area contributed by atoms with Crippen LogP contribution in [0, 0.1) is 0 Å². The molecule has 1 heterocycles. The summed E-state index contributed by atoms with van der Waals surface area (Å²) < 4.78 is 0. The maximum absolute atomic E-state index is 12.9. The van der Waals surface area contributed by atoms with Crippen molar-refractivity contribution in [3.8, 4) is 0 Å². The van der Waals surface area contributed by atoms with Crippen LogP contribution in [0.4, 0.5) is 0 Å². The molecule has 0 aromatic heterocycles. The monoisotopic (exact) mass is 392 g/mol. The Bertz CT molecular complexity index is 827. The number of Topliss-reactive ketones (excluding diaryl/α,β-unsaturated/α-hetero) is 2. The van der Waals surface area contributed by atoms with Crippen molar-refractivity contribution in [1.82, 2.24) is 9.80 Å². The Labute approximate surface area is 174 Å². The Morgan fingerprint density at radius 3 is 1.79 bits per heavy atom. The number of carbonyl (C=O) groups excluding carboxylic acids is 2. The van der Waals surface area contributed by atoms with E-state index < -0.39 is 0 Å². The van der Waals surface area contributed by atoms with Crippen LogP contribution in [0.5, 0.6) is 0 Å². The number of fused-ring (bicyclic) bond motifs is 1. The summed E-state index contributed by atoms with van der Waals surface area (Å²) in [6, 6.07) is 7.13. The van der Waals surface area contributed by atoms with Crippen molar-refractivity contribution in [2.75, 3.05) is 26.2 Å². The van der Waals surface area contributed by atoms with Crippen LogP contribution in [0.3, 0.4) is 0 Å². The number of ketones is 2. The van der Waals surface area contributed by atoms with Crippen molar-refractivity contribution < 1.29 is 9.59 Å². The fourth-order valence-electron chi connectivity index (χ4n) is 4.26. The largest absolute Gasteiger partial charge is 0.349 e. The van der Waals surface area contributed by atoms with Crippen LogP contribution in [0.1, 0.15) is 67.7 Å². The summed E-state index contributed by atoms with van der Waals surface area (Å²) in [7, 11) is 0. The smallest absolute Gasteiger partial charge is 0.198 e. The van der Waals surface area contributed by atoms with E-state index in [-0.39, 0.29) is 11.6 Å². The van der Waals surface area contributed by atoms with Crippen LogP contribution >= 0.6 is 0 Å². The molecule has 1 aromatic carbocycles. The molecule has 154 valence electrons. The van der Waals surface area contributed by atoms with Crippen LogP contribution in [0.2, 0.25) is 0 Å². The van der Waals surface area contributed by atoms with Gasteiger partial charge in [-0.05, 0) is 56.6 Å². The molecule has 29 heavy (non-hydrogen) atoms. The summed E-state index contributed by atoms with van der Waals surface area (Å²) in [6.07, 6.45) is 6.93. The Morgan fingerprint density at radius 2 is 1.34 bits per heavy atom. The zero-order valence-corrected chi connectivity index (χ0v) is 18.1. The van der Waals surface area contributed by atoms with E-state index in [1.54, 1.807) is 12.1 Å². The molecule has 0 amide bonds. The third kappa shape index (κ3) is 4.13. The van der Waals surface area contributed by atoms with E-state index in [0.717, 1.165) is 51.0 Å². The molecule has 0 unspecified atom stereocenters. The highest BCUT2D eigenvalue weighted by molar-refractivity contribution is 6.40. The van der Waals surface area contributed by atoms with Gasteiger partial charge in [-0.1, -0.05) is 52.0 Å². The molecule has 0 bridgehead atoms. The minimum atomic E-state index is -0.144. The Hall–Kier alpha value is -2.46. The average molecular weight is 393 g/mol. The highest BCUT2D eigenvalue weighted by Crippen LogP contribution is 2.34. The lowest BCUT2D eigenvalue weighted by molar-refractivity contribution is 0.0988. The minimum absolute atomic E-state index is 0.144. The van der Waals surface area contributed by atoms with E-state index in [1.165, 1.54) is 11.4 Å². The lowest BCUT2D eigenvalue weighted by Gasteiger charge is -2.33. The van der Waals surface area contributed by atoms with Crippen molar-refractivity contribution in [3.05, 3.63) is 70.1 Å². The SMILES string of the molecule is CCC1=CC(=C2C(=O)c3ccccc3C2=O)C=C(CC)N1CCCN(CC)CC. The molecule has 2 aliphatic rings. The number of hydrogen-bond acceptors (Lipinski definition) is 4. The Balaban J connectivity index is 1.90. The van der Waals surface area contributed by atoms with Crippen molar-refractivity contribution >= 4 is 11.6 Å². The van der Waals surface area contributed by atoms with E-state index in [0.29, 0.717) is 16.7 Å². The lowest BCUT2D eigenvalue weighted by Crippen LogP contribution is -2.30. The Kier molecular flexibility index (Phi) is 6.86. The molecule has 4 heteroatoms. The Morgan fingerprint density at radius 1 is 0.828 bits per heavy atom. The van der Waals surface area contributed by atoms with Gasteiger partial charge in [-0.2, -0.15) is 0 Å². The molecule has 0 N–H and O–H groups in total. The van der Waals surface area contributed by atoms with E-state index in [1.807, 2.05) is 24.3 Å². The summed E-state index contributed by atoms with van der Waals surface area (Å²) >= 11 is 0. The maximum Gasteiger partial charge on any atom is 0.198 e. The van der Waals surface area contributed by atoms with Crippen LogP contribution < -0.4 is 0 Å². The van der Waals surface area contributed by atoms with Crippen LogP contribution in [0.25, 0.3) is 0 Å². The van der Waals surface area contributed by atoms with Gasteiger partial charge >= 0.3 is 0 Å². The van der Waals surface area contributed by atoms with Crippen LogP contribution in [0.15, 0.2) is 59.0 Å². The van der Waals surface area contributed by atoms with E-state index in [4.69, 9.17) is 0 Å². The van der Waals surface area contributed by atoms with Gasteiger partial charge in [-0.15, -0.1) is 0 Å². The van der Waals surface area contributed by atoms with Gasteiger partial charge in [0.15, 0.2) is 11.6 Å². The molecule has 0 spiro atoms. The molecule has 0 saturated heterocycles. The first-order chi connectivity index (χ1) is 14.0. The van der Waals surface area contributed by atoms with Gasteiger partial charge in [0.2, 0.25) is 0 Å². The number of rotatable bonds is 8. The van der Waals surface area contributed by atoms with Crippen molar-refractivity contribution in [1.29, 1.82) is 0 Å². The van der Waals surface area contributed by atoms with Gasteiger partial charge in [-0.25, -0.2) is 0 Å². The van der Waals surface area contributed by atoms with Gasteiger partial charge in [-0.3, -0.25) is 9.59 Å². The van der Waals surface area contributed by atoms with Crippen molar-refractivity contribution in [2.24, 2.45) is 0 Å². The second kappa shape index (κ2) is 9.36. The minimum Gasteiger partial charge on any atom is -0.349 e. The molecule has 3 rings (SSSR count). The van der Waals surface area contributed by atoms with E-state index in [9.17, 15) is 9.59 Å². The molecule has 0 radical (unpaired) electrons. The third-order valence-corrected chi connectivity index (χ3v) is 5.97. The molecule has 1 aliphatic heterocycles. The molecular formula is C25H32N2O2. The summed E-state index contributed by atoms with van der Waals surface area (Å²) in [5, 5.41) is 0. The summed E-state index contributed by atoms with van der Waals surface area (Å²) in [6.45, 7) is 12.9. The predicted molar refractivity (Wildman–Crippen MR) is 118 cm³/mol. The fourth-order valence-corrected chi connectivity index (χ4v) is 4.26. The lowest BCUT2D eigenvalue weighted by atomic mass is 9.96. The molecule has 4 nitrogen and oxygen atoms in total. The highest BCUT2D eigenvalue weighted by Gasteiger charge is 2.35. The normalized spacial score (nSPS) is 16.5. The van der Waals surface area contributed by atoms with Crippen molar-refractivity contribution in [3.63, 3.8) is 0 Å². The molecule has 1 aliphatic carbocycles. The number of allylic oxidation sites excluding steroid dienone is 6. The quantitative estimate of drug-likeness (QED) is 0.461. The zero-order chi connectivity index (χ0) is 21.0. The van der Waals surface area contributed by atoms with Gasteiger partial charge in [0.25, 0.3) is 0 Å². The first kappa shape index (κ1) is 21.3. The van der Waals surface area contributed by atoms with Gasteiger partial charge in [0.05, 0.1) is 5.57 Å². The summed E-state index contributed by atoms with van der Waals surface area (Å²) in [4.78, 5) is 30.7. The number of nitrogens with zero attached hydrogens (tertiary/aromatic N) is 2. The standard InChI is InChI=1S/C25H32N2O2/c1-5-19-16-18(23-24(28)21-12-9-10-13-22(21)25(23)29)17-20(6-2)27(19)15-11-14-26(7-3)8-4/h9-10,12-13,16-17H,5-8,11,14-15H2,1-4H3. The molecule has 0 fully saturated rings. The van der Waals surface area contributed by atoms with Gasteiger partial charge in [0, 0.05) is 29.1 Å². The molecule has 1 aromatic rings. The molecule has 0 atom stereocenters.